The van der Waals surface area contributed by atoms with Crippen molar-refractivity contribution >= 4 is 0 Å². The van der Waals surface area contributed by atoms with Crippen LogP contribution in [-0.4, -0.2) is 12.2 Å². The van der Waals surface area contributed by atoms with Gasteiger partial charge < -0.3 is 15.6 Å². The summed E-state index contributed by atoms with van der Waals surface area (Å²) in [6, 6.07) is 5.07. The molecule has 1 atom stereocenters. The van der Waals surface area contributed by atoms with Crippen LogP contribution in [-0.2, 0) is 0 Å². The Morgan fingerprint density at radius 1 is 1.38 bits per heavy atom. The van der Waals surface area contributed by atoms with E-state index in [1.165, 1.54) is 12.8 Å². The van der Waals surface area contributed by atoms with Crippen LogP contribution < -0.4 is 10.5 Å². The van der Waals surface area contributed by atoms with E-state index in [2.05, 4.69) is 6.92 Å². The Kier molecular flexibility index (Phi) is 5.12. The first kappa shape index (κ1) is 12.8. The van der Waals surface area contributed by atoms with Crippen molar-refractivity contribution in [3.05, 3.63) is 23.8 Å². The van der Waals surface area contributed by atoms with Gasteiger partial charge in [-0.05, 0) is 24.6 Å². The zero-order valence-electron chi connectivity index (χ0n) is 10.1. The minimum absolute atomic E-state index is 0.110. The molecule has 0 fully saturated rings. The molecule has 0 spiro atoms. The summed E-state index contributed by atoms with van der Waals surface area (Å²) in [6.07, 6.45) is 4.35. The Hall–Kier alpha value is -1.22. The molecule has 0 bridgehead atoms. The molecule has 16 heavy (non-hydrogen) atoms. The maximum absolute atomic E-state index is 9.72. The molecule has 3 N–H and O–H groups in total. The second-order valence-electron chi connectivity index (χ2n) is 4.03. The van der Waals surface area contributed by atoms with Gasteiger partial charge in [-0.2, -0.15) is 0 Å². The highest BCUT2D eigenvalue weighted by Gasteiger charge is 2.11. The normalized spacial score (nSPS) is 12.4. The summed E-state index contributed by atoms with van der Waals surface area (Å²) < 4.78 is 5.12. The van der Waals surface area contributed by atoms with E-state index < -0.39 is 0 Å². The molecule has 0 aliphatic carbocycles. The van der Waals surface area contributed by atoms with Crippen LogP contribution in [0, 0.1) is 0 Å². The summed E-state index contributed by atoms with van der Waals surface area (Å²) in [5.74, 6) is 0.989. The number of phenols is 1. The molecular weight excluding hydrogens is 202 g/mol. The first-order valence-electron chi connectivity index (χ1n) is 5.81. The van der Waals surface area contributed by atoms with Crippen molar-refractivity contribution in [1.29, 1.82) is 0 Å². The molecular formula is C13H21NO2. The van der Waals surface area contributed by atoms with Gasteiger partial charge in [-0.15, -0.1) is 0 Å². The molecule has 0 aliphatic heterocycles. The number of rotatable bonds is 6. The Labute approximate surface area is 97.2 Å². The van der Waals surface area contributed by atoms with Crippen LogP contribution in [0.1, 0.15) is 44.2 Å². The van der Waals surface area contributed by atoms with Crippen LogP contribution in [0.5, 0.6) is 11.5 Å². The van der Waals surface area contributed by atoms with Crippen LogP contribution in [0.25, 0.3) is 0 Å². The number of benzene rings is 1. The van der Waals surface area contributed by atoms with Crippen LogP contribution in [0.3, 0.4) is 0 Å². The molecule has 0 amide bonds. The topological polar surface area (TPSA) is 55.5 Å². The SMILES string of the molecule is CCCCC[C@H](N)c1cc(OC)ccc1O. The second kappa shape index (κ2) is 6.38. The molecule has 1 aromatic carbocycles. The predicted molar refractivity (Wildman–Crippen MR) is 65.7 cm³/mol. The molecule has 0 saturated heterocycles. The fourth-order valence-corrected chi connectivity index (χ4v) is 1.73. The molecule has 3 nitrogen and oxygen atoms in total. The lowest BCUT2D eigenvalue weighted by molar-refractivity contribution is 0.408. The van der Waals surface area contributed by atoms with Crippen molar-refractivity contribution in [3.8, 4) is 11.5 Å². The molecule has 0 radical (unpaired) electrons. The second-order valence-corrected chi connectivity index (χ2v) is 4.03. The van der Waals surface area contributed by atoms with Gasteiger partial charge in [0, 0.05) is 11.6 Å². The van der Waals surface area contributed by atoms with Crippen molar-refractivity contribution in [1.82, 2.24) is 0 Å². The van der Waals surface area contributed by atoms with Crippen molar-refractivity contribution in [2.45, 2.75) is 38.6 Å². The highest BCUT2D eigenvalue weighted by molar-refractivity contribution is 5.41. The van der Waals surface area contributed by atoms with Gasteiger partial charge in [0.2, 0.25) is 0 Å². The summed E-state index contributed by atoms with van der Waals surface area (Å²) in [4.78, 5) is 0. The number of phenolic OH excluding ortho intramolecular Hbond substituents is 1. The Bertz CT molecular complexity index is 326. The van der Waals surface area contributed by atoms with Gasteiger partial charge in [0.1, 0.15) is 11.5 Å². The average molecular weight is 223 g/mol. The molecule has 3 heteroatoms. The molecule has 90 valence electrons. The van der Waals surface area contributed by atoms with Crippen molar-refractivity contribution < 1.29 is 9.84 Å². The smallest absolute Gasteiger partial charge is 0.120 e. The predicted octanol–water partition coefficient (Wildman–Crippen LogP) is 2.98. The Balaban J connectivity index is 2.69. The van der Waals surface area contributed by atoms with E-state index in [1.807, 2.05) is 6.07 Å². The zero-order chi connectivity index (χ0) is 12.0. The van der Waals surface area contributed by atoms with Gasteiger partial charge in [0.15, 0.2) is 0 Å². The number of aromatic hydroxyl groups is 1. The number of hydrogen-bond donors (Lipinski definition) is 2. The average Bonchev–Trinajstić information content (AvgIpc) is 2.30. The largest absolute Gasteiger partial charge is 0.508 e. The van der Waals surface area contributed by atoms with Crippen LogP contribution in [0.2, 0.25) is 0 Å². The third-order valence-electron chi connectivity index (χ3n) is 2.75. The standard InChI is InChI=1S/C13H21NO2/c1-3-4-5-6-12(14)11-9-10(16-2)7-8-13(11)15/h7-9,12,15H,3-6,14H2,1-2H3/t12-/m0/s1. The van der Waals surface area contributed by atoms with Crippen LogP contribution in [0.4, 0.5) is 0 Å². The van der Waals surface area contributed by atoms with E-state index in [1.54, 1.807) is 19.2 Å². The zero-order valence-corrected chi connectivity index (χ0v) is 10.1. The lowest BCUT2D eigenvalue weighted by atomic mass is 10.0. The first-order valence-corrected chi connectivity index (χ1v) is 5.81. The first-order chi connectivity index (χ1) is 7.69. The van der Waals surface area contributed by atoms with E-state index in [0.29, 0.717) is 0 Å². The fourth-order valence-electron chi connectivity index (χ4n) is 1.73. The fraction of sp³-hybridized carbons (Fsp3) is 0.538. The van der Waals surface area contributed by atoms with Crippen LogP contribution in [0.15, 0.2) is 18.2 Å². The van der Waals surface area contributed by atoms with E-state index in [4.69, 9.17) is 10.5 Å². The van der Waals surface area contributed by atoms with Gasteiger partial charge >= 0.3 is 0 Å². The van der Waals surface area contributed by atoms with Gasteiger partial charge in [-0.3, -0.25) is 0 Å². The molecule has 0 heterocycles. The van der Waals surface area contributed by atoms with E-state index >= 15 is 0 Å². The summed E-state index contributed by atoms with van der Waals surface area (Å²) in [5.41, 5.74) is 6.82. The lowest BCUT2D eigenvalue weighted by Gasteiger charge is -2.14. The number of ether oxygens (including phenoxy) is 1. The van der Waals surface area contributed by atoms with E-state index in [0.717, 1.165) is 24.2 Å². The number of nitrogens with two attached hydrogens (primary N) is 1. The minimum atomic E-state index is -0.110. The summed E-state index contributed by atoms with van der Waals surface area (Å²) in [7, 11) is 1.61. The quantitative estimate of drug-likeness (QED) is 0.729. The molecule has 0 aromatic heterocycles. The number of methoxy groups -OCH3 is 1. The van der Waals surface area contributed by atoms with Gasteiger partial charge in [0.05, 0.1) is 7.11 Å². The summed E-state index contributed by atoms with van der Waals surface area (Å²) >= 11 is 0. The molecule has 0 saturated carbocycles. The third kappa shape index (κ3) is 3.42. The molecule has 0 unspecified atom stereocenters. The van der Waals surface area contributed by atoms with E-state index in [-0.39, 0.29) is 11.8 Å². The van der Waals surface area contributed by atoms with Gasteiger partial charge in [-0.25, -0.2) is 0 Å². The monoisotopic (exact) mass is 223 g/mol. The maximum Gasteiger partial charge on any atom is 0.120 e. The van der Waals surface area contributed by atoms with E-state index in [9.17, 15) is 5.11 Å². The highest BCUT2D eigenvalue weighted by Crippen LogP contribution is 2.29. The van der Waals surface area contributed by atoms with Gasteiger partial charge in [-0.1, -0.05) is 26.2 Å². The van der Waals surface area contributed by atoms with Crippen molar-refractivity contribution in [3.63, 3.8) is 0 Å². The van der Waals surface area contributed by atoms with Gasteiger partial charge in [0.25, 0.3) is 0 Å². The number of hydrogen-bond acceptors (Lipinski definition) is 3. The molecule has 0 aliphatic rings. The molecule has 1 rings (SSSR count). The highest BCUT2D eigenvalue weighted by atomic mass is 16.5. The lowest BCUT2D eigenvalue weighted by Crippen LogP contribution is -2.10. The third-order valence-corrected chi connectivity index (χ3v) is 2.75. The summed E-state index contributed by atoms with van der Waals surface area (Å²) in [5, 5.41) is 9.72. The minimum Gasteiger partial charge on any atom is -0.508 e. The maximum atomic E-state index is 9.72. The van der Waals surface area contributed by atoms with Crippen molar-refractivity contribution in [2.75, 3.05) is 7.11 Å². The Morgan fingerprint density at radius 3 is 2.75 bits per heavy atom. The van der Waals surface area contributed by atoms with Crippen LogP contribution >= 0.6 is 0 Å². The summed E-state index contributed by atoms with van der Waals surface area (Å²) in [6.45, 7) is 2.16. The Morgan fingerprint density at radius 2 is 2.12 bits per heavy atom. The van der Waals surface area contributed by atoms with Crippen molar-refractivity contribution in [2.24, 2.45) is 5.73 Å². The molecule has 1 aromatic rings. The number of unbranched alkanes of at least 4 members (excludes halogenated alkanes) is 2.